The van der Waals surface area contributed by atoms with Gasteiger partial charge >= 0.3 is 0 Å². The highest BCUT2D eigenvalue weighted by Gasteiger charge is 2.15. The molecule has 1 aliphatic rings. The second-order valence-electron chi connectivity index (χ2n) is 6.03. The third-order valence-corrected chi connectivity index (χ3v) is 4.26. The number of piperazine rings is 1. The van der Waals surface area contributed by atoms with Crippen molar-refractivity contribution in [1.82, 2.24) is 4.90 Å². The number of rotatable bonds is 5. The van der Waals surface area contributed by atoms with Crippen LogP contribution in [-0.2, 0) is 16.0 Å². The van der Waals surface area contributed by atoms with Crippen LogP contribution in [-0.4, -0.2) is 43.4 Å². The zero-order valence-electron chi connectivity index (χ0n) is 13.8. The highest BCUT2D eigenvalue weighted by atomic mass is 19.1. The molecule has 0 spiro atoms. The summed E-state index contributed by atoms with van der Waals surface area (Å²) in [4.78, 5) is 26.8. The molecule has 1 saturated heterocycles. The predicted octanol–water partition coefficient (Wildman–Crippen LogP) is 2.29. The van der Waals surface area contributed by atoms with E-state index in [1.54, 1.807) is 17.0 Å². The molecule has 2 amide bonds. The third kappa shape index (κ3) is 4.56. The first kappa shape index (κ1) is 17.0. The van der Waals surface area contributed by atoms with Crippen molar-refractivity contribution in [2.45, 2.75) is 6.42 Å². The average molecular weight is 341 g/mol. The summed E-state index contributed by atoms with van der Waals surface area (Å²) < 4.78 is 12.9. The molecule has 1 heterocycles. The molecule has 1 fully saturated rings. The van der Waals surface area contributed by atoms with Crippen LogP contribution in [0.15, 0.2) is 48.5 Å². The SMILES string of the molecule is O=CN1CCN(c2ccc(NC(=O)Cc3ccc(F)cc3)cc2)CC1. The summed E-state index contributed by atoms with van der Waals surface area (Å²) in [5.41, 5.74) is 2.56. The number of nitrogens with zero attached hydrogens (tertiary/aromatic N) is 2. The van der Waals surface area contributed by atoms with Crippen LogP contribution >= 0.6 is 0 Å². The van der Waals surface area contributed by atoms with E-state index in [1.165, 1.54) is 12.1 Å². The minimum absolute atomic E-state index is 0.140. The van der Waals surface area contributed by atoms with E-state index in [9.17, 15) is 14.0 Å². The lowest BCUT2D eigenvalue weighted by Crippen LogP contribution is -2.45. The maximum atomic E-state index is 12.9. The van der Waals surface area contributed by atoms with E-state index in [-0.39, 0.29) is 18.1 Å². The highest BCUT2D eigenvalue weighted by Crippen LogP contribution is 2.19. The summed E-state index contributed by atoms with van der Waals surface area (Å²) in [5.74, 6) is -0.451. The van der Waals surface area contributed by atoms with Gasteiger partial charge < -0.3 is 15.1 Å². The fourth-order valence-electron chi connectivity index (χ4n) is 2.83. The summed E-state index contributed by atoms with van der Waals surface area (Å²) >= 11 is 0. The minimum atomic E-state index is -0.311. The molecule has 0 unspecified atom stereocenters. The zero-order valence-corrected chi connectivity index (χ0v) is 13.8. The van der Waals surface area contributed by atoms with Gasteiger partial charge in [0.25, 0.3) is 0 Å². The van der Waals surface area contributed by atoms with Gasteiger partial charge in [-0.05, 0) is 42.0 Å². The Morgan fingerprint density at radius 2 is 1.64 bits per heavy atom. The van der Waals surface area contributed by atoms with E-state index >= 15 is 0 Å². The Hall–Kier alpha value is -2.89. The molecule has 1 N–H and O–H groups in total. The summed E-state index contributed by atoms with van der Waals surface area (Å²) in [7, 11) is 0. The fraction of sp³-hybridized carbons (Fsp3) is 0.263. The quantitative estimate of drug-likeness (QED) is 0.849. The van der Waals surface area contributed by atoms with Gasteiger partial charge in [-0.1, -0.05) is 12.1 Å². The van der Waals surface area contributed by atoms with Gasteiger partial charge in [0.1, 0.15) is 5.82 Å². The van der Waals surface area contributed by atoms with Crippen LogP contribution in [0, 0.1) is 5.82 Å². The monoisotopic (exact) mass is 341 g/mol. The standard InChI is InChI=1S/C19H20FN3O2/c20-16-3-1-15(2-4-16)13-19(25)21-17-5-7-18(8-6-17)23-11-9-22(14-24)10-12-23/h1-8,14H,9-13H2,(H,21,25). The summed E-state index contributed by atoms with van der Waals surface area (Å²) in [6.45, 7) is 3.04. The lowest BCUT2D eigenvalue weighted by molar-refractivity contribution is -0.118. The molecule has 3 rings (SSSR count). The lowest BCUT2D eigenvalue weighted by atomic mass is 10.1. The molecular formula is C19H20FN3O2. The minimum Gasteiger partial charge on any atom is -0.368 e. The average Bonchev–Trinajstić information content (AvgIpc) is 2.64. The Bertz CT molecular complexity index is 723. The Kier molecular flexibility index (Phi) is 5.28. The van der Waals surface area contributed by atoms with Crippen LogP contribution in [0.5, 0.6) is 0 Å². The molecule has 0 aliphatic carbocycles. The van der Waals surface area contributed by atoms with Gasteiger partial charge in [-0.3, -0.25) is 9.59 Å². The van der Waals surface area contributed by atoms with E-state index in [0.29, 0.717) is 0 Å². The third-order valence-electron chi connectivity index (χ3n) is 4.26. The number of hydrogen-bond donors (Lipinski definition) is 1. The first-order valence-corrected chi connectivity index (χ1v) is 8.23. The highest BCUT2D eigenvalue weighted by molar-refractivity contribution is 5.92. The maximum Gasteiger partial charge on any atom is 0.228 e. The van der Waals surface area contributed by atoms with Crippen molar-refractivity contribution in [3.05, 3.63) is 59.9 Å². The summed E-state index contributed by atoms with van der Waals surface area (Å²) in [6, 6.07) is 13.6. The van der Waals surface area contributed by atoms with Crippen molar-refractivity contribution in [2.75, 3.05) is 36.4 Å². The molecular weight excluding hydrogens is 321 g/mol. The Balaban J connectivity index is 1.54. The van der Waals surface area contributed by atoms with Crippen molar-refractivity contribution in [1.29, 1.82) is 0 Å². The van der Waals surface area contributed by atoms with Crippen molar-refractivity contribution in [2.24, 2.45) is 0 Å². The van der Waals surface area contributed by atoms with E-state index in [4.69, 9.17) is 0 Å². The van der Waals surface area contributed by atoms with Gasteiger partial charge in [-0.15, -0.1) is 0 Å². The van der Waals surface area contributed by atoms with Gasteiger partial charge in [0.2, 0.25) is 12.3 Å². The van der Waals surface area contributed by atoms with Crippen molar-refractivity contribution in [3.8, 4) is 0 Å². The molecule has 0 saturated carbocycles. The molecule has 0 radical (unpaired) electrons. The van der Waals surface area contributed by atoms with Crippen molar-refractivity contribution < 1.29 is 14.0 Å². The fourth-order valence-corrected chi connectivity index (χ4v) is 2.83. The topological polar surface area (TPSA) is 52.7 Å². The first-order chi connectivity index (χ1) is 12.1. The number of benzene rings is 2. The number of nitrogens with one attached hydrogen (secondary N) is 1. The Morgan fingerprint density at radius 3 is 2.24 bits per heavy atom. The maximum absolute atomic E-state index is 12.9. The molecule has 2 aromatic carbocycles. The number of hydrogen-bond acceptors (Lipinski definition) is 3. The molecule has 1 aliphatic heterocycles. The smallest absolute Gasteiger partial charge is 0.228 e. The molecule has 130 valence electrons. The molecule has 25 heavy (non-hydrogen) atoms. The van der Waals surface area contributed by atoms with Crippen molar-refractivity contribution >= 4 is 23.7 Å². The first-order valence-electron chi connectivity index (χ1n) is 8.23. The molecule has 0 aromatic heterocycles. The van der Waals surface area contributed by atoms with Crippen molar-refractivity contribution in [3.63, 3.8) is 0 Å². The zero-order chi connectivity index (χ0) is 17.6. The Labute approximate surface area is 146 Å². The van der Waals surface area contributed by atoms with Gasteiger partial charge in [0, 0.05) is 37.6 Å². The van der Waals surface area contributed by atoms with Gasteiger partial charge in [-0.2, -0.15) is 0 Å². The normalized spacial score (nSPS) is 14.3. The molecule has 6 heteroatoms. The number of carbonyl (C=O) groups is 2. The molecule has 0 atom stereocenters. The number of anilines is 2. The van der Waals surface area contributed by atoms with E-state index in [2.05, 4.69) is 10.2 Å². The Morgan fingerprint density at radius 1 is 1.00 bits per heavy atom. The van der Waals surface area contributed by atoms with Crippen LogP contribution in [0.1, 0.15) is 5.56 Å². The van der Waals surface area contributed by atoms with Crippen LogP contribution < -0.4 is 10.2 Å². The number of carbonyl (C=O) groups excluding carboxylic acids is 2. The van der Waals surface area contributed by atoms with Crippen LogP contribution in [0.3, 0.4) is 0 Å². The molecule has 0 bridgehead atoms. The number of amides is 2. The molecule has 5 nitrogen and oxygen atoms in total. The summed E-state index contributed by atoms with van der Waals surface area (Å²) in [5, 5.41) is 2.85. The van der Waals surface area contributed by atoms with Gasteiger partial charge in [0.15, 0.2) is 0 Å². The van der Waals surface area contributed by atoms with Gasteiger partial charge in [0.05, 0.1) is 6.42 Å². The van der Waals surface area contributed by atoms with Crippen LogP contribution in [0.25, 0.3) is 0 Å². The predicted molar refractivity (Wildman–Crippen MR) is 95.0 cm³/mol. The second kappa shape index (κ2) is 7.79. The van der Waals surface area contributed by atoms with Gasteiger partial charge in [-0.25, -0.2) is 4.39 Å². The van der Waals surface area contributed by atoms with Crippen LogP contribution in [0.4, 0.5) is 15.8 Å². The van der Waals surface area contributed by atoms with E-state index in [0.717, 1.165) is 49.5 Å². The molecule has 2 aromatic rings. The summed E-state index contributed by atoms with van der Waals surface area (Å²) in [6.07, 6.45) is 1.09. The van der Waals surface area contributed by atoms with E-state index < -0.39 is 0 Å². The second-order valence-corrected chi connectivity index (χ2v) is 6.03. The van der Waals surface area contributed by atoms with Crippen LogP contribution in [0.2, 0.25) is 0 Å². The number of halogens is 1. The van der Waals surface area contributed by atoms with E-state index in [1.807, 2.05) is 24.3 Å². The lowest BCUT2D eigenvalue weighted by Gasteiger charge is -2.34. The largest absolute Gasteiger partial charge is 0.368 e.